The Hall–Kier alpha value is -2.31. The molecule has 2 heterocycles. The smallest absolute Gasteiger partial charge is 0.306 e. The summed E-state index contributed by atoms with van der Waals surface area (Å²) in [5, 5.41) is 72.5. The Kier molecular flexibility index (Phi) is 47.3. The number of hydrogen-bond donors (Lipinski definition) is 7. The first-order valence-electron chi connectivity index (χ1n) is 31.9. The largest absolute Gasteiger partial charge is 0.457 e. The van der Waals surface area contributed by atoms with Crippen molar-refractivity contribution in [2.75, 3.05) is 33.0 Å². The van der Waals surface area contributed by atoms with Gasteiger partial charge in [0.1, 0.15) is 54.9 Å². The zero-order valence-electron chi connectivity index (χ0n) is 49.6. The van der Waals surface area contributed by atoms with Crippen LogP contribution >= 0.6 is 0 Å². The van der Waals surface area contributed by atoms with E-state index in [1.807, 2.05) is 0 Å². The van der Waals surface area contributed by atoms with Crippen molar-refractivity contribution in [3.8, 4) is 0 Å². The first-order valence-corrected chi connectivity index (χ1v) is 31.9. The summed E-state index contributed by atoms with van der Waals surface area (Å²) in [5.74, 6) is -0.384. The summed E-state index contributed by atoms with van der Waals surface area (Å²) in [4.78, 5) is 13.1. The van der Waals surface area contributed by atoms with Crippen LogP contribution in [0.1, 0.15) is 245 Å². The van der Waals surface area contributed by atoms with Crippen LogP contribution in [0.25, 0.3) is 0 Å². The highest BCUT2D eigenvalue weighted by molar-refractivity contribution is 5.69. The van der Waals surface area contributed by atoms with Crippen molar-refractivity contribution < 1.29 is 69.0 Å². The molecule has 11 unspecified atom stereocenters. The van der Waals surface area contributed by atoms with Gasteiger partial charge in [0, 0.05) is 13.0 Å². The molecule has 0 bridgehead atoms. The predicted octanol–water partition coefficient (Wildman–Crippen LogP) is 12.4. The van der Waals surface area contributed by atoms with Gasteiger partial charge in [-0.15, -0.1) is 0 Å². The molecule has 2 saturated heterocycles. The van der Waals surface area contributed by atoms with E-state index in [0.717, 1.165) is 83.5 Å². The van der Waals surface area contributed by atoms with E-state index in [-0.39, 0.29) is 25.6 Å². The van der Waals surface area contributed by atoms with Crippen LogP contribution in [-0.4, -0.2) is 142 Å². The SMILES string of the molecule is CC/C=C\C/C=C\C/C=C\C/C=C\C/C=C\CCCCCCCCCC(=O)OC(COCCCCCCCCCCCCCCCCCCCCCCCC)COC1OC(COC2OC(CO)C(O)C(O)C2O)C(O)C(O)C1O. The molecule has 0 aromatic carbocycles. The minimum absolute atomic E-state index is 0.0578. The average molecular weight is 1120 g/mol. The number of hydrogen-bond acceptors (Lipinski definition) is 14. The third-order valence-electron chi connectivity index (χ3n) is 15.0. The third kappa shape index (κ3) is 37.5. The summed E-state index contributed by atoms with van der Waals surface area (Å²) in [6.07, 6.45) is 48.5. The molecule has 0 saturated carbocycles. The fourth-order valence-electron chi connectivity index (χ4n) is 9.96. The van der Waals surface area contributed by atoms with E-state index in [0.29, 0.717) is 13.0 Å². The van der Waals surface area contributed by atoms with Crippen molar-refractivity contribution >= 4 is 5.97 Å². The van der Waals surface area contributed by atoms with Crippen LogP contribution in [0.2, 0.25) is 0 Å². The molecule has 2 aliphatic heterocycles. The molecule has 0 aliphatic carbocycles. The van der Waals surface area contributed by atoms with E-state index in [9.17, 15) is 40.5 Å². The van der Waals surface area contributed by atoms with Crippen LogP contribution in [-0.2, 0) is 33.2 Å². The highest BCUT2D eigenvalue weighted by Gasteiger charge is 2.47. The molecule has 14 heteroatoms. The summed E-state index contributed by atoms with van der Waals surface area (Å²) in [5.41, 5.74) is 0. The van der Waals surface area contributed by atoms with Gasteiger partial charge in [0.2, 0.25) is 0 Å². The molecule has 0 radical (unpaired) electrons. The van der Waals surface area contributed by atoms with Gasteiger partial charge in [-0.1, -0.05) is 242 Å². The molecule has 460 valence electrons. The summed E-state index contributed by atoms with van der Waals surface area (Å²) < 4.78 is 34.5. The summed E-state index contributed by atoms with van der Waals surface area (Å²) in [6.45, 7) is 3.60. The summed E-state index contributed by atoms with van der Waals surface area (Å²) >= 11 is 0. The maximum atomic E-state index is 13.1. The van der Waals surface area contributed by atoms with Gasteiger partial charge in [-0.2, -0.15) is 0 Å². The van der Waals surface area contributed by atoms with E-state index in [4.69, 9.17) is 28.4 Å². The second-order valence-corrected chi connectivity index (χ2v) is 22.2. The van der Waals surface area contributed by atoms with Crippen LogP contribution in [0, 0.1) is 0 Å². The average Bonchev–Trinajstić information content (AvgIpc) is 3.46. The molecule has 0 aromatic heterocycles. The van der Waals surface area contributed by atoms with Crippen LogP contribution in [0.3, 0.4) is 0 Å². The van der Waals surface area contributed by atoms with E-state index < -0.39 is 80.7 Å². The van der Waals surface area contributed by atoms with Gasteiger partial charge in [-0.3, -0.25) is 4.79 Å². The number of ether oxygens (including phenoxy) is 6. The number of allylic oxidation sites excluding steroid dienone is 10. The number of aliphatic hydroxyl groups is 7. The molecule has 79 heavy (non-hydrogen) atoms. The fraction of sp³-hybridized carbons (Fsp3) is 0.831. The van der Waals surface area contributed by atoms with E-state index >= 15 is 0 Å². The lowest BCUT2D eigenvalue weighted by molar-refractivity contribution is -0.332. The Bertz CT molecular complexity index is 1540. The highest BCUT2D eigenvalue weighted by atomic mass is 16.7. The van der Waals surface area contributed by atoms with Crippen molar-refractivity contribution in [3.63, 3.8) is 0 Å². The van der Waals surface area contributed by atoms with Crippen molar-refractivity contribution in [1.29, 1.82) is 0 Å². The van der Waals surface area contributed by atoms with Crippen LogP contribution in [0.4, 0.5) is 0 Å². The second-order valence-electron chi connectivity index (χ2n) is 22.2. The molecule has 14 nitrogen and oxygen atoms in total. The fourth-order valence-corrected chi connectivity index (χ4v) is 9.96. The van der Waals surface area contributed by atoms with Crippen molar-refractivity contribution in [1.82, 2.24) is 0 Å². The molecular weight excluding hydrogens is 1000 g/mol. The normalized spacial score (nSPS) is 24.4. The number of rotatable bonds is 52. The number of carbonyl (C=O) groups is 1. The molecule has 0 amide bonds. The minimum atomic E-state index is -1.71. The summed E-state index contributed by atoms with van der Waals surface area (Å²) in [7, 11) is 0. The highest BCUT2D eigenvalue weighted by Crippen LogP contribution is 2.27. The van der Waals surface area contributed by atoms with Crippen molar-refractivity contribution in [3.05, 3.63) is 60.8 Å². The maximum Gasteiger partial charge on any atom is 0.306 e. The van der Waals surface area contributed by atoms with Gasteiger partial charge in [0.15, 0.2) is 12.6 Å². The first kappa shape index (κ1) is 72.8. The van der Waals surface area contributed by atoms with Crippen LogP contribution in [0.15, 0.2) is 60.8 Å². The number of esters is 1. The molecule has 0 spiro atoms. The van der Waals surface area contributed by atoms with Gasteiger partial charge < -0.3 is 64.2 Å². The molecule has 7 N–H and O–H groups in total. The molecule has 2 rings (SSSR count). The lowest BCUT2D eigenvalue weighted by atomic mass is 9.98. The third-order valence-corrected chi connectivity index (χ3v) is 15.0. The van der Waals surface area contributed by atoms with Gasteiger partial charge >= 0.3 is 5.97 Å². The minimum Gasteiger partial charge on any atom is -0.457 e. The molecule has 11 atom stereocenters. The molecular formula is C65H116O14. The molecule has 0 aromatic rings. The maximum absolute atomic E-state index is 13.1. The van der Waals surface area contributed by atoms with E-state index in [1.54, 1.807) is 0 Å². The topological polar surface area (TPSA) is 214 Å². The van der Waals surface area contributed by atoms with E-state index in [1.165, 1.54) is 135 Å². The standard InChI is InChI=1S/C65H116O14/c1-3-5-7-9-11-13-15-17-19-21-23-25-27-28-30-32-34-36-38-40-42-44-46-48-57(67)77-54(51-74-49-47-45-43-41-39-37-35-33-31-29-26-24-22-20-18-16-14-12-10-8-6-4-2)52-75-64-63(73)61(71)59(69)56(79-64)53-76-65-62(72)60(70)58(68)55(50-66)78-65/h5,7,11,13,17,19,23,25,28,30,54-56,58-66,68-73H,3-4,6,8-10,12,14-16,18,20-22,24,26-27,29,31-53H2,1-2H3/b7-5-,13-11-,19-17-,25-23-,30-28-. The van der Waals surface area contributed by atoms with Crippen LogP contribution in [0.5, 0.6) is 0 Å². The number of carbonyl (C=O) groups excluding carboxylic acids is 1. The van der Waals surface area contributed by atoms with Crippen molar-refractivity contribution in [2.45, 2.75) is 313 Å². The van der Waals surface area contributed by atoms with Gasteiger partial charge in [0.05, 0.1) is 26.4 Å². The van der Waals surface area contributed by atoms with Crippen molar-refractivity contribution in [2.24, 2.45) is 0 Å². The molecule has 2 aliphatic rings. The predicted molar refractivity (Wildman–Crippen MR) is 316 cm³/mol. The summed E-state index contributed by atoms with van der Waals surface area (Å²) in [6, 6.07) is 0. The quantitative estimate of drug-likeness (QED) is 0.0172. The van der Waals surface area contributed by atoms with Gasteiger partial charge in [-0.25, -0.2) is 0 Å². The van der Waals surface area contributed by atoms with Crippen LogP contribution < -0.4 is 0 Å². The Labute approximate surface area is 479 Å². The monoisotopic (exact) mass is 1120 g/mol. The zero-order valence-corrected chi connectivity index (χ0v) is 49.6. The zero-order chi connectivity index (χ0) is 57.2. The Morgan fingerprint density at radius 1 is 0.430 bits per heavy atom. The molecule has 2 fully saturated rings. The Balaban J connectivity index is 1.68. The lowest BCUT2D eigenvalue weighted by Gasteiger charge is -2.42. The second kappa shape index (κ2) is 51.3. The van der Waals surface area contributed by atoms with Gasteiger partial charge in [-0.05, 0) is 57.8 Å². The number of aliphatic hydroxyl groups excluding tert-OH is 7. The number of unbranched alkanes of at least 4 members (excludes halogenated alkanes) is 28. The van der Waals surface area contributed by atoms with E-state index in [2.05, 4.69) is 74.6 Å². The first-order chi connectivity index (χ1) is 38.6. The lowest BCUT2D eigenvalue weighted by Crippen LogP contribution is -2.61. The Morgan fingerprint density at radius 2 is 0.823 bits per heavy atom. The Morgan fingerprint density at radius 3 is 1.29 bits per heavy atom. The van der Waals surface area contributed by atoms with Gasteiger partial charge in [0.25, 0.3) is 0 Å².